The molecule has 6 aromatic rings. The standard InChI is InChI=1S/C26H26FN3O4.C6H5N3O.H2O/c1-13-8-16(27)9-14(2)23(13)34-21-7-6-15(26(3,4)33)10-17(21)19-12-30(5)25(32)22-18(19)11-20(29-22)24(28)31;10-9-6-4-2-1-3-5(6)7-8-9;/h6-12,29,33H,1-5H3,(H2,28,31);1-4,10H;1H2. The average molecular weight is 617 g/mol. The quantitative estimate of drug-likeness (QED) is 0.208. The Morgan fingerprint density at radius 1 is 1.04 bits per heavy atom. The van der Waals surface area contributed by atoms with Crippen molar-refractivity contribution < 1.29 is 29.7 Å². The fourth-order valence-corrected chi connectivity index (χ4v) is 4.92. The molecule has 6 rings (SSSR count). The molecule has 0 aliphatic rings. The summed E-state index contributed by atoms with van der Waals surface area (Å²) in [7, 11) is 1.60. The maximum absolute atomic E-state index is 13.8. The monoisotopic (exact) mass is 616 g/mol. The first kappa shape index (κ1) is 32.4. The number of nitrogens with zero attached hydrogens (tertiary/aromatic N) is 4. The first-order valence-corrected chi connectivity index (χ1v) is 13.6. The van der Waals surface area contributed by atoms with Crippen molar-refractivity contribution in [3.05, 3.63) is 105 Å². The van der Waals surface area contributed by atoms with Crippen LogP contribution in [0.2, 0.25) is 0 Å². The lowest BCUT2D eigenvalue weighted by atomic mass is 9.93. The summed E-state index contributed by atoms with van der Waals surface area (Å²) in [5.74, 6) is -0.103. The topological polar surface area (TPSA) is 193 Å². The molecule has 0 spiro atoms. The van der Waals surface area contributed by atoms with Crippen LogP contribution in [0.4, 0.5) is 4.39 Å². The minimum Gasteiger partial charge on any atom is -0.456 e. The highest BCUT2D eigenvalue weighted by atomic mass is 19.1. The Morgan fingerprint density at radius 2 is 1.71 bits per heavy atom. The molecule has 0 fully saturated rings. The number of pyridine rings is 1. The number of nitrogens with one attached hydrogen (secondary N) is 1. The minimum absolute atomic E-state index is 0. The van der Waals surface area contributed by atoms with E-state index in [0.717, 1.165) is 4.85 Å². The van der Waals surface area contributed by atoms with E-state index in [9.17, 15) is 19.1 Å². The number of aromatic nitrogens is 5. The molecule has 45 heavy (non-hydrogen) atoms. The third-order valence-corrected chi connectivity index (χ3v) is 7.18. The number of fused-ring (bicyclic) bond motifs is 2. The van der Waals surface area contributed by atoms with E-state index in [4.69, 9.17) is 15.7 Å². The van der Waals surface area contributed by atoms with Crippen LogP contribution in [0.25, 0.3) is 33.1 Å². The highest BCUT2D eigenvalue weighted by molar-refractivity contribution is 6.02. The molecular formula is C32H33FN6O6. The number of aryl methyl sites for hydroxylation is 3. The van der Waals surface area contributed by atoms with Gasteiger partial charge in [0.2, 0.25) is 0 Å². The molecule has 0 saturated carbocycles. The van der Waals surface area contributed by atoms with Crippen molar-refractivity contribution in [2.24, 2.45) is 12.8 Å². The van der Waals surface area contributed by atoms with Gasteiger partial charge in [-0.2, -0.15) is 0 Å². The van der Waals surface area contributed by atoms with Crippen LogP contribution in [0.3, 0.4) is 0 Å². The molecule has 12 nitrogen and oxygen atoms in total. The molecule has 0 aliphatic heterocycles. The molecule has 1 amide bonds. The van der Waals surface area contributed by atoms with Gasteiger partial charge in [-0.25, -0.2) is 4.39 Å². The first-order valence-electron chi connectivity index (χ1n) is 13.6. The van der Waals surface area contributed by atoms with Gasteiger partial charge in [0.15, 0.2) is 0 Å². The van der Waals surface area contributed by atoms with Gasteiger partial charge in [0, 0.05) is 29.8 Å². The molecule has 0 atom stereocenters. The zero-order chi connectivity index (χ0) is 31.9. The molecule has 3 heterocycles. The number of para-hydroxylation sites is 1. The zero-order valence-corrected chi connectivity index (χ0v) is 25.2. The van der Waals surface area contributed by atoms with Crippen LogP contribution in [0, 0.1) is 19.7 Å². The average Bonchev–Trinajstić information content (AvgIpc) is 3.58. The number of ether oxygens (including phenoxy) is 1. The normalized spacial score (nSPS) is 11.2. The summed E-state index contributed by atoms with van der Waals surface area (Å²) in [6, 6.07) is 16.8. The van der Waals surface area contributed by atoms with Crippen LogP contribution < -0.4 is 16.0 Å². The van der Waals surface area contributed by atoms with Crippen molar-refractivity contribution in [3.8, 4) is 22.6 Å². The number of amides is 1. The number of aliphatic hydroxyl groups is 1. The third kappa shape index (κ3) is 6.39. The van der Waals surface area contributed by atoms with Gasteiger partial charge in [-0.1, -0.05) is 23.0 Å². The summed E-state index contributed by atoms with van der Waals surface area (Å²) >= 11 is 0. The summed E-state index contributed by atoms with van der Waals surface area (Å²) < 4.78 is 21.5. The number of aromatic amines is 1. The van der Waals surface area contributed by atoms with Crippen LogP contribution >= 0.6 is 0 Å². The molecular weight excluding hydrogens is 583 g/mol. The zero-order valence-electron chi connectivity index (χ0n) is 25.2. The second-order valence-electron chi connectivity index (χ2n) is 11.0. The molecule has 0 unspecified atom stereocenters. The molecule has 0 bridgehead atoms. The summed E-state index contributed by atoms with van der Waals surface area (Å²) in [6.45, 7) is 6.84. The van der Waals surface area contributed by atoms with E-state index in [1.807, 2.05) is 12.1 Å². The van der Waals surface area contributed by atoms with Crippen molar-refractivity contribution >= 4 is 27.8 Å². The van der Waals surface area contributed by atoms with Crippen LogP contribution in [0.1, 0.15) is 41.0 Å². The number of nitrogens with two attached hydrogens (primary N) is 1. The Kier molecular flexibility index (Phi) is 8.80. The van der Waals surface area contributed by atoms with Crippen molar-refractivity contribution in [3.63, 3.8) is 0 Å². The molecule has 0 saturated heterocycles. The maximum atomic E-state index is 13.8. The third-order valence-electron chi connectivity index (χ3n) is 7.18. The van der Waals surface area contributed by atoms with Crippen LogP contribution in [-0.4, -0.2) is 46.4 Å². The predicted molar refractivity (Wildman–Crippen MR) is 167 cm³/mol. The lowest BCUT2D eigenvalue weighted by Gasteiger charge is -2.22. The number of hydrogen-bond acceptors (Lipinski definition) is 7. The fraction of sp³-hybridized carbons (Fsp3) is 0.188. The summed E-state index contributed by atoms with van der Waals surface area (Å²) in [5.41, 5.74) is 8.68. The van der Waals surface area contributed by atoms with E-state index in [2.05, 4.69) is 15.3 Å². The van der Waals surface area contributed by atoms with Gasteiger partial charge in [0.05, 0.1) is 5.60 Å². The Morgan fingerprint density at radius 3 is 2.33 bits per heavy atom. The van der Waals surface area contributed by atoms with Crippen molar-refractivity contribution in [2.75, 3.05) is 0 Å². The largest absolute Gasteiger partial charge is 0.456 e. The van der Waals surface area contributed by atoms with E-state index in [-0.39, 0.29) is 28.1 Å². The number of primary amides is 1. The SMILES string of the molecule is Cc1cc(F)cc(C)c1Oc1ccc(C(C)(C)O)cc1-c1cn(C)c(=O)c2[nH]c(C(N)=O)cc12.O.On1nnc2ccccc21. The van der Waals surface area contributed by atoms with Gasteiger partial charge in [-0.3, -0.25) is 9.59 Å². The second kappa shape index (κ2) is 12.2. The van der Waals surface area contributed by atoms with Crippen molar-refractivity contribution in [1.82, 2.24) is 24.7 Å². The van der Waals surface area contributed by atoms with E-state index in [0.29, 0.717) is 55.7 Å². The highest BCUT2D eigenvalue weighted by Gasteiger charge is 2.23. The van der Waals surface area contributed by atoms with Crippen LogP contribution in [0.15, 0.2) is 71.7 Å². The summed E-state index contributed by atoms with van der Waals surface area (Å²) in [4.78, 5) is 28.1. The predicted octanol–water partition coefficient (Wildman–Crippen LogP) is 4.25. The lowest BCUT2D eigenvalue weighted by molar-refractivity contribution is 0.0786. The Balaban J connectivity index is 0.000000353. The number of benzene rings is 3. The van der Waals surface area contributed by atoms with E-state index in [1.54, 1.807) is 71.3 Å². The van der Waals surface area contributed by atoms with Crippen LogP contribution in [-0.2, 0) is 12.6 Å². The minimum atomic E-state index is -1.15. The van der Waals surface area contributed by atoms with E-state index >= 15 is 0 Å². The van der Waals surface area contributed by atoms with Gasteiger partial charge in [0.1, 0.15) is 39.6 Å². The van der Waals surface area contributed by atoms with Gasteiger partial charge in [-0.05, 0) is 92.1 Å². The van der Waals surface area contributed by atoms with Crippen molar-refractivity contribution in [2.45, 2.75) is 33.3 Å². The number of carbonyl (C=O) groups excluding carboxylic acids is 1. The summed E-state index contributed by atoms with van der Waals surface area (Å²) in [5, 5.41) is 27.2. The second-order valence-corrected chi connectivity index (χ2v) is 11.0. The van der Waals surface area contributed by atoms with Gasteiger partial charge in [0.25, 0.3) is 11.5 Å². The number of hydrogen-bond donors (Lipinski definition) is 4. The Bertz CT molecular complexity index is 2080. The molecule has 3 aromatic carbocycles. The lowest BCUT2D eigenvalue weighted by Crippen LogP contribution is -2.18. The molecule has 7 N–H and O–H groups in total. The van der Waals surface area contributed by atoms with Crippen LogP contribution in [0.5, 0.6) is 11.5 Å². The Labute approximate surface area is 256 Å². The molecule has 234 valence electrons. The Hall–Kier alpha value is -5.53. The van der Waals surface area contributed by atoms with Gasteiger partial charge < -0.3 is 35.8 Å². The number of H-pyrrole nitrogens is 1. The molecule has 3 aromatic heterocycles. The maximum Gasteiger partial charge on any atom is 0.274 e. The van der Waals surface area contributed by atoms with Gasteiger partial charge >= 0.3 is 0 Å². The van der Waals surface area contributed by atoms with E-state index in [1.165, 1.54) is 22.8 Å². The highest BCUT2D eigenvalue weighted by Crippen LogP contribution is 2.40. The number of carbonyl (C=O) groups is 1. The smallest absolute Gasteiger partial charge is 0.274 e. The molecule has 0 radical (unpaired) electrons. The molecule has 0 aliphatic carbocycles. The summed E-state index contributed by atoms with van der Waals surface area (Å²) in [6.07, 6.45) is 1.64. The number of rotatable bonds is 5. The number of halogens is 1. The van der Waals surface area contributed by atoms with Gasteiger partial charge in [-0.15, -0.1) is 5.10 Å². The first-order chi connectivity index (χ1) is 20.7. The van der Waals surface area contributed by atoms with E-state index < -0.39 is 11.5 Å². The van der Waals surface area contributed by atoms with Crippen molar-refractivity contribution in [1.29, 1.82) is 0 Å². The molecule has 13 heteroatoms. The fourth-order valence-electron chi connectivity index (χ4n) is 4.92.